The third-order valence-electron chi connectivity index (χ3n) is 4.96. The predicted molar refractivity (Wildman–Crippen MR) is 102 cm³/mol. The first kappa shape index (κ1) is 17.5. The summed E-state index contributed by atoms with van der Waals surface area (Å²) in [6.45, 7) is 5.18. The van der Waals surface area contributed by atoms with E-state index in [0.29, 0.717) is 33.7 Å². The molecule has 2 aromatic heterocycles. The Hall–Kier alpha value is -2.96. The highest BCUT2D eigenvalue weighted by Gasteiger charge is 2.26. The second-order valence-electron chi connectivity index (χ2n) is 6.88. The van der Waals surface area contributed by atoms with E-state index in [0.717, 1.165) is 31.7 Å². The van der Waals surface area contributed by atoms with Gasteiger partial charge >= 0.3 is 0 Å². The van der Waals surface area contributed by atoms with Crippen LogP contribution in [-0.2, 0) is 0 Å². The minimum absolute atomic E-state index is 0.359. The van der Waals surface area contributed by atoms with Crippen LogP contribution in [0.25, 0.3) is 11.1 Å². The summed E-state index contributed by atoms with van der Waals surface area (Å²) in [5.74, 6) is 0.465. The fourth-order valence-electron chi connectivity index (χ4n) is 3.51. The van der Waals surface area contributed by atoms with Crippen molar-refractivity contribution in [1.29, 1.82) is 0 Å². The zero-order chi connectivity index (χ0) is 19.0. The number of furan rings is 1. The van der Waals surface area contributed by atoms with Crippen LogP contribution in [0.1, 0.15) is 40.9 Å². The van der Waals surface area contributed by atoms with Gasteiger partial charge in [-0.05, 0) is 50.8 Å². The van der Waals surface area contributed by atoms with Gasteiger partial charge in [-0.15, -0.1) is 0 Å². The average molecular weight is 368 g/mol. The number of aromatic nitrogens is 2. The van der Waals surface area contributed by atoms with Crippen LogP contribution in [0.5, 0.6) is 0 Å². The highest BCUT2D eigenvalue weighted by molar-refractivity contribution is 6.15. The number of benzene rings is 1. The molecule has 1 fully saturated rings. The Kier molecular flexibility index (Phi) is 4.51. The Labute approximate surface area is 156 Å². The summed E-state index contributed by atoms with van der Waals surface area (Å²) in [6, 6.07) is 4.62. The van der Waals surface area contributed by atoms with Gasteiger partial charge in [0, 0.05) is 18.8 Å². The smallest absolute Gasteiger partial charge is 0.260 e. The molecule has 1 aliphatic heterocycles. The monoisotopic (exact) mass is 368 g/mol. The molecule has 0 bridgehead atoms. The van der Waals surface area contributed by atoms with Gasteiger partial charge < -0.3 is 14.6 Å². The van der Waals surface area contributed by atoms with Gasteiger partial charge in [-0.3, -0.25) is 4.79 Å². The van der Waals surface area contributed by atoms with Gasteiger partial charge in [-0.25, -0.2) is 14.4 Å². The molecule has 0 spiro atoms. The third-order valence-corrected chi connectivity index (χ3v) is 4.96. The number of nitrogens with one attached hydrogen (secondary N) is 1. The van der Waals surface area contributed by atoms with Gasteiger partial charge in [0.25, 0.3) is 5.91 Å². The van der Waals surface area contributed by atoms with Crippen molar-refractivity contribution in [3.8, 4) is 0 Å². The lowest BCUT2D eigenvalue weighted by Gasteiger charge is -2.28. The summed E-state index contributed by atoms with van der Waals surface area (Å²) in [5, 5.41) is 3.38. The molecule has 3 aromatic rings. The molecule has 6 nitrogen and oxygen atoms in total. The van der Waals surface area contributed by atoms with E-state index in [1.807, 2.05) is 0 Å². The number of amides is 1. The molecule has 1 saturated heterocycles. The fourth-order valence-corrected chi connectivity index (χ4v) is 3.51. The summed E-state index contributed by atoms with van der Waals surface area (Å²) in [4.78, 5) is 23.8. The van der Waals surface area contributed by atoms with Gasteiger partial charge in [0.05, 0.1) is 10.9 Å². The number of hydrogen-bond donors (Lipinski definition) is 1. The van der Waals surface area contributed by atoms with E-state index in [1.165, 1.54) is 18.8 Å². The molecule has 7 heteroatoms. The second kappa shape index (κ2) is 6.98. The Balaban J connectivity index is 1.74. The van der Waals surface area contributed by atoms with Crippen LogP contribution in [0.3, 0.4) is 0 Å². The van der Waals surface area contributed by atoms with Gasteiger partial charge in [0.15, 0.2) is 0 Å². The first-order chi connectivity index (χ1) is 13.0. The van der Waals surface area contributed by atoms with Crippen LogP contribution in [0.2, 0.25) is 0 Å². The zero-order valence-electron chi connectivity index (χ0n) is 15.4. The van der Waals surface area contributed by atoms with E-state index in [-0.39, 0.29) is 11.7 Å². The molecule has 1 N–H and O–H groups in total. The minimum atomic E-state index is -0.362. The molecule has 4 rings (SSSR count). The highest BCUT2D eigenvalue weighted by Crippen LogP contribution is 2.33. The lowest BCUT2D eigenvalue weighted by atomic mass is 10.1. The van der Waals surface area contributed by atoms with Crippen LogP contribution >= 0.6 is 0 Å². The fraction of sp³-hybridized carbons (Fsp3) is 0.350. The lowest BCUT2D eigenvalue weighted by molar-refractivity contribution is 0.102. The maximum atomic E-state index is 13.8. The zero-order valence-corrected chi connectivity index (χ0v) is 15.4. The molecule has 0 atom stereocenters. The van der Waals surface area contributed by atoms with E-state index >= 15 is 0 Å². The predicted octanol–water partition coefficient (Wildman–Crippen LogP) is 4.22. The number of aryl methyl sites for hydroxylation is 2. The molecule has 3 heterocycles. The topological polar surface area (TPSA) is 71.3 Å². The number of anilines is 2. The number of carbonyl (C=O) groups is 1. The first-order valence-electron chi connectivity index (χ1n) is 9.11. The van der Waals surface area contributed by atoms with E-state index < -0.39 is 0 Å². The van der Waals surface area contributed by atoms with Gasteiger partial charge in [-0.1, -0.05) is 6.07 Å². The Morgan fingerprint density at radius 3 is 2.70 bits per heavy atom. The maximum absolute atomic E-state index is 13.8. The molecule has 1 amide bonds. The summed E-state index contributed by atoms with van der Waals surface area (Å²) in [6.07, 6.45) is 4.84. The largest absolute Gasteiger partial charge is 0.442 e. The van der Waals surface area contributed by atoms with Gasteiger partial charge in [0.2, 0.25) is 5.71 Å². The van der Waals surface area contributed by atoms with Crippen molar-refractivity contribution in [2.45, 2.75) is 33.1 Å². The lowest BCUT2D eigenvalue weighted by Crippen LogP contribution is -2.30. The summed E-state index contributed by atoms with van der Waals surface area (Å²) >= 11 is 0. The molecule has 0 aliphatic carbocycles. The van der Waals surface area contributed by atoms with E-state index in [9.17, 15) is 9.18 Å². The molecular weight excluding hydrogens is 347 g/mol. The molecule has 0 unspecified atom stereocenters. The quantitative estimate of drug-likeness (QED) is 0.749. The van der Waals surface area contributed by atoms with Crippen LogP contribution < -0.4 is 10.2 Å². The number of fused-ring (bicyclic) bond motifs is 1. The van der Waals surface area contributed by atoms with Crippen molar-refractivity contribution in [2.75, 3.05) is 23.3 Å². The number of piperidine rings is 1. The summed E-state index contributed by atoms with van der Waals surface area (Å²) in [7, 11) is 0. The first-order valence-corrected chi connectivity index (χ1v) is 9.11. The van der Waals surface area contributed by atoms with Crippen molar-refractivity contribution in [3.63, 3.8) is 0 Å². The average Bonchev–Trinajstić information content (AvgIpc) is 3.01. The van der Waals surface area contributed by atoms with Gasteiger partial charge in [0.1, 0.15) is 23.7 Å². The number of carbonyl (C=O) groups excluding carboxylic acids is 1. The van der Waals surface area contributed by atoms with Crippen molar-refractivity contribution < 1.29 is 13.6 Å². The van der Waals surface area contributed by atoms with E-state index in [2.05, 4.69) is 20.2 Å². The highest BCUT2D eigenvalue weighted by atomic mass is 19.1. The van der Waals surface area contributed by atoms with Crippen molar-refractivity contribution in [1.82, 2.24) is 9.97 Å². The Bertz CT molecular complexity index is 1010. The SMILES string of the molecule is Cc1ccc(NC(=O)c2c(C)oc3ncnc(N4CCCCC4)c23)cc1F. The molecular formula is C20H21FN4O2. The molecule has 0 radical (unpaired) electrons. The Morgan fingerprint density at radius 2 is 1.96 bits per heavy atom. The Morgan fingerprint density at radius 1 is 1.19 bits per heavy atom. The van der Waals surface area contributed by atoms with Gasteiger partial charge in [-0.2, -0.15) is 0 Å². The van der Waals surface area contributed by atoms with Crippen LogP contribution in [0.4, 0.5) is 15.9 Å². The number of nitrogens with zero attached hydrogens (tertiary/aromatic N) is 3. The van der Waals surface area contributed by atoms with Crippen molar-refractivity contribution >= 4 is 28.5 Å². The molecule has 27 heavy (non-hydrogen) atoms. The van der Waals surface area contributed by atoms with Crippen molar-refractivity contribution in [3.05, 3.63) is 47.2 Å². The normalized spacial score (nSPS) is 14.6. The second-order valence-corrected chi connectivity index (χ2v) is 6.88. The minimum Gasteiger partial charge on any atom is -0.442 e. The molecule has 140 valence electrons. The molecule has 1 aromatic carbocycles. The number of rotatable bonds is 3. The van der Waals surface area contributed by atoms with E-state index in [4.69, 9.17) is 4.42 Å². The summed E-state index contributed by atoms with van der Waals surface area (Å²) < 4.78 is 19.5. The standard InChI is InChI=1S/C20H21FN4O2/c1-12-6-7-14(10-15(12)21)24-19(26)16-13(2)27-20-17(16)18(22-11-23-20)25-8-4-3-5-9-25/h6-7,10-11H,3-5,8-9H2,1-2H3,(H,24,26). The van der Waals surface area contributed by atoms with Crippen LogP contribution in [0, 0.1) is 19.7 Å². The molecule has 0 saturated carbocycles. The van der Waals surface area contributed by atoms with Crippen LogP contribution in [-0.4, -0.2) is 29.0 Å². The number of hydrogen-bond acceptors (Lipinski definition) is 5. The van der Waals surface area contributed by atoms with E-state index in [1.54, 1.807) is 26.0 Å². The third kappa shape index (κ3) is 3.25. The summed E-state index contributed by atoms with van der Waals surface area (Å²) in [5.41, 5.74) is 1.71. The molecule has 1 aliphatic rings. The van der Waals surface area contributed by atoms with Crippen LogP contribution in [0.15, 0.2) is 28.9 Å². The van der Waals surface area contributed by atoms with Crippen molar-refractivity contribution in [2.24, 2.45) is 0 Å². The number of halogens is 1. The maximum Gasteiger partial charge on any atom is 0.260 e.